The Kier molecular flexibility index (Phi) is 6.66. The Morgan fingerprint density at radius 2 is 2.06 bits per heavy atom. The van der Waals surface area contributed by atoms with Crippen molar-refractivity contribution in [2.24, 2.45) is 5.92 Å². The lowest BCUT2D eigenvalue weighted by atomic mass is 9.90. The fourth-order valence-electron chi connectivity index (χ4n) is 2.18. The van der Waals surface area contributed by atoms with Crippen LogP contribution in [0.25, 0.3) is 0 Å². The Bertz CT molecular complexity index is 368. The molecule has 0 fully saturated rings. The Morgan fingerprint density at radius 1 is 1.33 bits per heavy atom. The fourth-order valence-corrected chi connectivity index (χ4v) is 2.39. The van der Waals surface area contributed by atoms with Crippen molar-refractivity contribution in [1.29, 1.82) is 0 Å². The molecule has 0 heterocycles. The SMILES string of the molecule is CCCNC(C)C(CC)Cc1ccc(F)c(Cl)c1. The number of hydrogen-bond donors (Lipinski definition) is 1. The molecule has 18 heavy (non-hydrogen) atoms. The first kappa shape index (κ1) is 15.5. The van der Waals surface area contributed by atoms with Crippen molar-refractivity contribution in [3.8, 4) is 0 Å². The first-order chi connectivity index (χ1) is 8.58. The molecule has 0 aromatic heterocycles. The van der Waals surface area contributed by atoms with Gasteiger partial charge in [-0.05, 0) is 49.9 Å². The molecule has 1 N–H and O–H groups in total. The summed E-state index contributed by atoms with van der Waals surface area (Å²) in [6.45, 7) is 7.62. The van der Waals surface area contributed by atoms with E-state index in [0.29, 0.717) is 12.0 Å². The lowest BCUT2D eigenvalue weighted by Gasteiger charge is -2.24. The Morgan fingerprint density at radius 3 is 2.61 bits per heavy atom. The van der Waals surface area contributed by atoms with Crippen LogP contribution in [0.4, 0.5) is 4.39 Å². The predicted octanol–water partition coefficient (Wildman–Crippen LogP) is 4.44. The second-order valence-corrected chi connectivity index (χ2v) is 5.27. The largest absolute Gasteiger partial charge is 0.314 e. The molecule has 2 unspecified atom stereocenters. The van der Waals surface area contributed by atoms with E-state index in [1.54, 1.807) is 6.07 Å². The second kappa shape index (κ2) is 7.75. The van der Waals surface area contributed by atoms with Crippen molar-refractivity contribution in [2.75, 3.05) is 6.54 Å². The lowest BCUT2D eigenvalue weighted by Crippen LogP contribution is -2.34. The second-order valence-electron chi connectivity index (χ2n) is 4.86. The monoisotopic (exact) mass is 271 g/mol. The van der Waals surface area contributed by atoms with Gasteiger partial charge in [-0.1, -0.05) is 37.9 Å². The molecule has 0 bridgehead atoms. The zero-order chi connectivity index (χ0) is 13.5. The molecule has 3 heteroatoms. The summed E-state index contributed by atoms with van der Waals surface area (Å²) in [5, 5.41) is 3.74. The minimum atomic E-state index is -0.342. The summed E-state index contributed by atoms with van der Waals surface area (Å²) < 4.78 is 13.1. The Balaban J connectivity index is 2.64. The Hall–Kier alpha value is -0.600. The van der Waals surface area contributed by atoms with Crippen LogP contribution in [0.5, 0.6) is 0 Å². The van der Waals surface area contributed by atoms with Crippen molar-refractivity contribution in [3.05, 3.63) is 34.6 Å². The quantitative estimate of drug-likeness (QED) is 0.773. The number of halogens is 2. The van der Waals surface area contributed by atoms with E-state index in [-0.39, 0.29) is 10.8 Å². The molecule has 1 aromatic carbocycles. The van der Waals surface area contributed by atoms with Crippen LogP contribution in [-0.4, -0.2) is 12.6 Å². The first-order valence-corrected chi connectivity index (χ1v) is 7.13. The molecule has 0 aliphatic rings. The third kappa shape index (κ3) is 4.58. The van der Waals surface area contributed by atoms with Crippen molar-refractivity contribution in [1.82, 2.24) is 5.32 Å². The van der Waals surface area contributed by atoms with Gasteiger partial charge in [0.15, 0.2) is 0 Å². The molecule has 2 atom stereocenters. The molecule has 1 nitrogen and oxygen atoms in total. The van der Waals surface area contributed by atoms with Gasteiger partial charge in [0.25, 0.3) is 0 Å². The average molecular weight is 272 g/mol. The highest BCUT2D eigenvalue weighted by Crippen LogP contribution is 2.21. The van der Waals surface area contributed by atoms with Gasteiger partial charge in [0.2, 0.25) is 0 Å². The van der Waals surface area contributed by atoms with Crippen LogP contribution in [0.1, 0.15) is 39.2 Å². The van der Waals surface area contributed by atoms with Crippen molar-refractivity contribution < 1.29 is 4.39 Å². The van der Waals surface area contributed by atoms with Gasteiger partial charge in [-0.3, -0.25) is 0 Å². The summed E-state index contributed by atoms with van der Waals surface area (Å²) >= 11 is 5.81. The van der Waals surface area contributed by atoms with Gasteiger partial charge in [-0.15, -0.1) is 0 Å². The fraction of sp³-hybridized carbons (Fsp3) is 0.600. The van der Waals surface area contributed by atoms with Crippen molar-refractivity contribution in [2.45, 2.75) is 46.1 Å². The molecule has 0 aliphatic heterocycles. The molecule has 0 amide bonds. The number of benzene rings is 1. The van der Waals surface area contributed by atoms with E-state index in [4.69, 9.17) is 11.6 Å². The summed E-state index contributed by atoms with van der Waals surface area (Å²) in [5.41, 5.74) is 1.11. The third-order valence-corrected chi connectivity index (χ3v) is 3.72. The van der Waals surface area contributed by atoms with Crippen LogP contribution in [-0.2, 0) is 6.42 Å². The summed E-state index contributed by atoms with van der Waals surface area (Å²) in [5.74, 6) is 0.212. The van der Waals surface area contributed by atoms with E-state index in [9.17, 15) is 4.39 Å². The molecule has 1 rings (SSSR count). The van der Waals surface area contributed by atoms with Gasteiger partial charge in [0, 0.05) is 6.04 Å². The molecular formula is C15H23ClFN. The molecule has 1 aromatic rings. The Labute approximate surface area is 115 Å². The maximum atomic E-state index is 13.1. The molecule has 0 saturated carbocycles. The smallest absolute Gasteiger partial charge is 0.141 e. The van der Waals surface area contributed by atoms with Gasteiger partial charge >= 0.3 is 0 Å². The topological polar surface area (TPSA) is 12.0 Å². The molecule has 102 valence electrons. The number of hydrogen-bond acceptors (Lipinski definition) is 1. The van der Waals surface area contributed by atoms with E-state index in [0.717, 1.165) is 31.4 Å². The van der Waals surface area contributed by atoms with Gasteiger partial charge in [-0.25, -0.2) is 4.39 Å². The molecule has 0 radical (unpaired) electrons. The van der Waals surface area contributed by atoms with Crippen LogP contribution in [0.2, 0.25) is 5.02 Å². The molecular weight excluding hydrogens is 249 g/mol. The van der Waals surface area contributed by atoms with Gasteiger partial charge in [-0.2, -0.15) is 0 Å². The molecule has 0 aliphatic carbocycles. The predicted molar refractivity (Wildman–Crippen MR) is 76.7 cm³/mol. The minimum Gasteiger partial charge on any atom is -0.314 e. The third-order valence-electron chi connectivity index (χ3n) is 3.43. The lowest BCUT2D eigenvalue weighted by molar-refractivity contribution is 0.362. The normalized spacial score (nSPS) is 14.5. The highest BCUT2D eigenvalue weighted by atomic mass is 35.5. The molecule has 0 spiro atoms. The summed E-state index contributed by atoms with van der Waals surface area (Å²) in [6.07, 6.45) is 3.18. The van der Waals surface area contributed by atoms with Crippen LogP contribution in [0, 0.1) is 11.7 Å². The van der Waals surface area contributed by atoms with Crippen molar-refractivity contribution in [3.63, 3.8) is 0 Å². The van der Waals surface area contributed by atoms with Gasteiger partial charge < -0.3 is 5.32 Å². The summed E-state index contributed by atoms with van der Waals surface area (Å²) in [7, 11) is 0. The van der Waals surface area contributed by atoms with E-state index in [1.807, 2.05) is 6.07 Å². The number of nitrogens with one attached hydrogen (secondary N) is 1. The maximum absolute atomic E-state index is 13.1. The zero-order valence-electron chi connectivity index (χ0n) is 11.5. The number of rotatable bonds is 7. The average Bonchev–Trinajstić information content (AvgIpc) is 2.37. The van der Waals surface area contributed by atoms with E-state index in [1.165, 1.54) is 6.07 Å². The van der Waals surface area contributed by atoms with E-state index in [2.05, 4.69) is 26.1 Å². The van der Waals surface area contributed by atoms with Crippen LogP contribution in [0.15, 0.2) is 18.2 Å². The standard InChI is InChI=1S/C15H23ClFN/c1-4-8-18-11(3)13(5-2)9-12-6-7-15(17)14(16)10-12/h6-7,10-11,13,18H,4-5,8-9H2,1-3H3. The maximum Gasteiger partial charge on any atom is 0.141 e. The van der Waals surface area contributed by atoms with Crippen LogP contribution in [0.3, 0.4) is 0 Å². The molecule has 0 saturated heterocycles. The summed E-state index contributed by atoms with van der Waals surface area (Å²) in [4.78, 5) is 0. The highest BCUT2D eigenvalue weighted by molar-refractivity contribution is 6.30. The zero-order valence-corrected chi connectivity index (χ0v) is 12.2. The van der Waals surface area contributed by atoms with Crippen LogP contribution >= 0.6 is 11.6 Å². The minimum absolute atomic E-state index is 0.219. The van der Waals surface area contributed by atoms with E-state index < -0.39 is 0 Å². The van der Waals surface area contributed by atoms with Gasteiger partial charge in [0.05, 0.1) is 5.02 Å². The first-order valence-electron chi connectivity index (χ1n) is 6.75. The van der Waals surface area contributed by atoms with Crippen LogP contribution < -0.4 is 5.32 Å². The highest BCUT2D eigenvalue weighted by Gasteiger charge is 2.15. The van der Waals surface area contributed by atoms with Gasteiger partial charge in [0.1, 0.15) is 5.82 Å². The summed E-state index contributed by atoms with van der Waals surface area (Å²) in [6, 6.07) is 5.50. The van der Waals surface area contributed by atoms with Crippen molar-refractivity contribution >= 4 is 11.6 Å². The van der Waals surface area contributed by atoms with E-state index >= 15 is 0 Å².